The Labute approximate surface area is 165 Å². The number of thioether (sulfide) groups is 1. The molecule has 2 N–H and O–H groups in total. The first-order valence-electron chi connectivity index (χ1n) is 8.31. The van der Waals surface area contributed by atoms with Gasteiger partial charge in [-0.05, 0) is 36.4 Å². The third-order valence-corrected chi connectivity index (χ3v) is 6.61. The highest BCUT2D eigenvalue weighted by Gasteiger charge is 2.17. The Balaban J connectivity index is 1.55. The Hall–Kier alpha value is -1.90. The van der Waals surface area contributed by atoms with Crippen molar-refractivity contribution in [3.05, 3.63) is 52.2 Å². The number of nitrogens with one attached hydrogen (secondary N) is 2. The van der Waals surface area contributed by atoms with Crippen LogP contribution >= 0.6 is 34.4 Å². The quantitative estimate of drug-likeness (QED) is 0.533. The maximum absolute atomic E-state index is 12.2. The van der Waals surface area contributed by atoms with E-state index in [1.807, 2.05) is 42.6 Å². The van der Waals surface area contributed by atoms with E-state index in [-0.39, 0.29) is 11.2 Å². The van der Waals surface area contributed by atoms with E-state index in [1.54, 1.807) is 11.3 Å². The molecule has 136 valence electrons. The molecule has 0 spiro atoms. The van der Waals surface area contributed by atoms with E-state index in [9.17, 15) is 4.79 Å². The predicted molar refractivity (Wildman–Crippen MR) is 110 cm³/mol. The van der Waals surface area contributed by atoms with Gasteiger partial charge in [-0.3, -0.25) is 4.79 Å². The first kappa shape index (κ1) is 18.9. The van der Waals surface area contributed by atoms with E-state index in [2.05, 4.69) is 33.8 Å². The Morgan fingerprint density at radius 2 is 2.08 bits per heavy atom. The van der Waals surface area contributed by atoms with Crippen LogP contribution in [-0.4, -0.2) is 21.4 Å². The van der Waals surface area contributed by atoms with Gasteiger partial charge in [-0.25, -0.2) is 0 Å². The molecule has 0 aliphatic heterocycles. The summed E-state index contributed by atoms with van der Waals surface area (Å²) in [5.41, 5.74) is 2.28. The van der Waals surface area contributed by atoms with Crippen molar-refractivity contribution in [1.82, 2.24) is 15.5 Å². The number of rotatable bonds is 8. The van der Waals surface area contributed by atoms with E-state index < -0.39 is 0 Å². The van der Waals surface area contributed by atoms with Gasteiger partial charge in [0, 0.05) is 10.6 Å². The lowest BCUT2D eigenvalue weighted by molar-refractivity contribution is -0.120. The van der Waals surface area contributed by atoms with E-state index in [1.165, 1.54) is 28.7 Å². The molecule has 26 heavy (non-hydrogen) atoms. The molecule has 3 rings (SSSR count). The summed E-state index contributed by atoms with van der Waals surface area (Å²) in [6, 6.07) is 12.2. The van der Waals surface area contributed by atoms with Crippen molar-refractivity contribution in [3.63, 3.8) is 0 Å². The number of para-hydroxylation sites is 1. The molecule has 1 atom stereocenters. The highest BCUT2D eigenvalue weighted by Crippen LogP contribution is 2.31. The number of benzene rings is 1. The minimum absolute atomic E-state index is 0.00411. The summed E-state index contributed by atoms with van der Waals surface area (Å²) in [5, 5.41) is 17.2. The lowest BCUT2D eigenvalue weighted by atomic mass is 10.1. The molecule has 0 bridgehead atoms. The van der Waals surface area contributed by atoms with E-state index >= 15 is 0 Å². The van der Waals surface area contributed by atoms with E-state index in [0.717, 1.165) is 26.5 Å². The molecule has 0 radical (unpaired) electrons. The minimum atomic E-state index is -0.223. The van der Waals surface area contributed by atoms with Crippen molar-refractivity contribution in [2.24, 2.45) is 0 Å². The number of aryl methyl sites for hydroxylation is 1. The summed E-state index contributed by atoms with van der Waals surface area (Å²) in [4.78, 5) is 13.4. The van der Waals surface area contributed by atoms with Gasteiger partial charge < -0.3 is 10.6 Å². The Kier molecular flexibility index (Phi) is 6.65. The number of amides is 1. The van der Waals surface area contributed by atoms with Crippen molar-refractivity contribution in [2.45, 2.75) is 36.4 Å². The molecule has 0 unspecified atom stereocenters. The summed E-state index contributed by atoms with van der Waals surface area (Å²) < 4.78 is 0.778. The number of hydrogen-bond donors (Lipinski definition) is 2. The zero-order valence-electron chi connectivity index (χ0n) is 14.6. The molecule has 0 aliphatic carbocycles. The predicted octanol–water partition coefficient (Wildman–Crippen LogP) is 4.70. The van der Waals surface area contributed by atoms with Crippen LogP contribution in [0, 0.1) is 0 Å². The lowest BCUT2D eigenvalue weighted by Crippen LogP contribution is -2.30. The van der Waals surface area contributed by atoms with Crippen LogP contribution in [0.5, 0.6) is 0 Å². The van der Waals surface area contributed by atoms with Gasteiger partial charge in [-0.15, -0.1) is 21.5 Å². The second kappa shape index (κ2) is 9.16. The van der Waals surface area contributed by atoms with Crippen LogP contribution < -0.4 is 10.6 Å². The second-order valence-electron chi connectivity index (χ2n) is 5.57. The molecule has 5 nitrogen and oxygen atoms in total. The molecular formula is C18H20N4OS3. The average molecular weight is 405 g/mol. The largest absolute Gasteiger partial charge is 0.350 e. The summed E-state index contributed by atoms with van der Waals surface area (Å²) >= 11 is 4.52. The molecule has 0 saturated heterocycles. The van der Waals surface area contributed by atoms with Gasteiger partial charge in [0.05, 0.1) is 11.8 Å². The summed E-state index contributed by atoms with van der Waals surface area (Å²) in [5.74, 6) is 0.00411. The number of anilines is 2. The number of aromatic nitrogens is 2. The van der Waals surface area contributed by atoms with Crippen LogP contribution in [-0.2, 0) is 17.8 Å². The Morgan fingerprint density at radius 1 is 1.23 bits per heavy atom. The molecule has 1 aromatic carbocycles. The molecular weight excluding hydrogens is 384 g/mol. The van der Waals surface area contributed by atoms with Gasteiger partial charge in [0.1, 0.15) is 0 Å². The maximum atomic E-state index is 12.2. The topological polar surface area (TPSA) is 66.9 Å². The molecule has 0 fully saturated rings. The van der Waals surface area contributed by atoms with Crippen LogP contribution in [0.25, 0.3) is 0 Å². The van der Waals surface area contributed by atoms with Crippen LogP contribution in [0.3, 0.4) is 0 Å². The van der Waals surface area contributed by atoms with Crippen LogP contribution in [0.4, 0.5) is 10.8 Å². The zero-order valence-corrected chi connectivity index (χ0v) is 17.0. The van der Waals surface area contributed by atoms with Crippen LogP contribution in [0.2, 0.25) is 0 Å². The van der Waals surface area contributed by atoms with Gasteiger partial charge in [-0.1, -0.05) is 54.3 Å². The van der Waals surface area contributed by atoms with Crippen molar-refractivity contribution < 1.29 is 4.79 Å². The number of thiophene rings is 1. The number of nitrogens with zero attached hydrogens (tertiary/aromatic N) is 2. The van der Waals surface area contributed by atoms with Gasteiger partial charge in [-0.2, -0.15) is 0 Å². The third-order valence-electron chi connectivity index (χ3n) is 3.71. The molecule has 8 heteroatoms. The van der Waals surface area contributed by atoms with Crippen molar-refractivity contribution in [1.29, 1.82) is 0 Å². The Bertz CT molecular complexity index is 848. The first-order valence-corrected chi connectivity index (χ1v) is 10.9. The van der Waals surface area contributed by atoms with Crippen molar-refractivity contribution in [3.8, 4) is 0 Å². The normalized spacial score (nSPS) is 11.9. The van der Waals surface area contributed by atoms with Crippen LogP contribution in [0.1, 0.15) is 24.3 Å². The monoisotopic (exact) mass is 404 g/mol. The third kappa shape index (κ3) is 5.06. The number of carbonyl (C=O) groups is 1. The fraction of sp³-hybridized carbons (Fsp3) is 0.278. The van der Waals surface area contributed by atoms with Crippen LogP contribution in [0.15, 0.2) is 46.1 Å². The van der Waals surface area contributed by atoms with Crippen molar-refractivity contribution >= 4 is 51.2 Å². The molecule has 0 saturated carbocycles. The highest BCUT2D eigenvalue weighted by atomic mass is 32.2. The van der Waals surface area contributed by atoms with Gasteiger partial charge >= 0.3 is 0 Å². The highest BCUT2D eigenvalue weighted by molar-refractivity contribution is 8.02. The average Bonchev–Trinajstić information content (AvgIpc) is 3.32. The zero-order chi connectivity index (χ0) is 18.4. The summed E-state index contributed by atoms with van der Waals surface area (Å²) in [6.07, 6.45) is 0.949. The maximum Gasteiger partial charge on any atom is 0.233 e. The van der Waals surface area contributed by atoms with Crippen molar-refractivity contribution in [2.75, 3.05) is 5.32 Å². The van der Waals surface area contributed by atoms with Gasteiger partial charge in [0.2, 0.25) is 11.0 Å². The minimum Gasteiger partial charge on any atom is -0.350 e. The standard InChI is InChI=1S/C18H20N4OS3/c1-3-13-7-4-5-9-15(13)20-17-21-22-18(26-17)25-12(2)16(23)19-11-14-8-6-10-24-14/h4-10,12H,3,11H2,1-2H3,(H,19,23)(H,20,21)/t12-/m1/s1. The number of hydrogen-bond acceptors (Lipinski definition) is 7. The van der Waals surface area contributed by atoms with E-state index in [0.29, 0.717) is 6.54 Å². The van der Waals surface area contributed by atoms with E-state index in [4.69, 9.17) is 0 Å². The molecule has 3 aromatic rings. The smallest absolute Gasteiger partial charge is 0.233 e. The molecule has 0 aliphatic rings. The first-order chi connectivity index (χ1) is 12.7. The summed E-state index contributed by atoms with van der Waals surface area (Å²) in [6.45, 7) is 4.58. The molecule has 2 heterocycles. The SMILES string of the molecule is CCc1ccccc1Nc1nnc(S[C@H](C)C(=O)NCc2cccs2)s1. The fourth-order valence-electron chi connectivity index (χ4n) is 2.31. The number of carbonyl (C=O) groups excluding carboxylic acids is 1. The van der Waals surface area contributed by atoms with Gasteiger partial charge in [0.15, 0.2) is 4.34 Å². The molecule has 1 amide bonds. The summed E-state index contributed by atoms with van der Waals surface area (Å²) in [7, 11) is 0. The Morgan fingerprint density at radius 3 is 2.85 bits per heavy atom. The van der Waals surface area contributed by atoms with Gasteiger partial charge in [0.25, 0.3) is 0 Å². The lowest BCUT2D eigenvalue weighted by Gasteiger charge is -2.09. The second-order valence-corrected chi connectivity index (χ2v) is 9.16. The molecule has 2 aromatic heterocycles. The fourth-order valence-corrected chi connectivity index (χ4v) is 4.89.